The van der Waals surface area contributed by atoms with Crippen LogP contribution in [0.25, 0.3) is 0 Å². The number of benzene rings is 1. The molecule has 1 amide bonds. The Kier molecular flexibility index (Phi) is 4.37. The molecule has 0 aliphatic carbocycles. The number of nitrogens with one attached hydrogen (secondary N) is 1. The number of nitrogens with zero attached hydrogens (tertiary/aromatic N) is 1. The highest BCUT2D eigenvalue weighted by atomic mass is 32.1. The van der Waals surface area contributed by atoms with Gasteiger partial charge in [-0.3, -0.25) is 4.79 Å². The standard InChI is InChI=1S/C15H16N2O3S/c1-8-6-4-5-7-11(8)17-13(18)9(2)14-16-10(3)12(21-14)15(19)20/h4-7,9H,1-3H3,(H,17,18)(H,19,20)/p-1/t9-/m0/s1. The number of aryl methyl sites for hydroxylation is 2. The van der Waals surface area contributed by atoms with E-state index in [0.717, 1.165) is 22.6 Å². The van der Waals surface area contributed by atoms with E-state index in [4.69, 9.17) is 0 Å². The molecule has 2 aromatic rings. The molecule has 21 heavy (non-hydrogen) atoms. The third kappa shape index (κ3) is 3.28. The van der Waals surface area contributed by atoms with Gasteiger partial charge in [-0.15, -0.1) is 11.3 Å². The normalized spacial score (nSPS) is 12.0. The van der Waals surface area contributed by atoms with Gasteiger partial charge in [0.2, 0.25) is 5.91 Å². The van der Waals surface area contributed by atoms with Crippen molar-refractivity contribution in [3.8, 4) is 0 Å². The third-order valence-electron chi connectivity index (χ3n) is 3.17. The summed E-state index contributed by atoms with van der Waals surface area (Å²) in [6.45, 7) is 5.20. The summed E-state index contributed by atoms with van der Waals surface area (Å²) in [5, 5.41) is 14.2. The molecule has 2 rings (SSSR count). The number of aromatic nitrogens is 1. The quantitative estimate of drug-likeness (QED) is 0.934. The molecule has 0 unspecified atom stereocenters. The van der Waals surface area contributed by atoms with Crippen molar-refractivity contribution < 1.29 is 14.7 Å². The number of carboxylic acid groups (broad SMARTS) is 1. The topological polar surface area (TPSA) is 82.1 Å². The predicted molar refractivity (Wildman–Crippen MR) is 79.4 cm³/mol. The van der Waals surface area contributed by atoms with Crippen molar-refractivity contribution in [2.24, 2.45) is 0 Å². The number of thiazole rings is 1. The molecular weight excluding hydrogens is 288 g/mol. The predicted octanol–water partition coefficient (Wildman–Crippen LogP) is 1.87. The van der Waals surface area contributed by atoms with Gasteiger partial charge in [-0.2, -0.15) is 0 Å². The Morgan fingerprint density at radius 2 is 1.95 bits per heavy atom. The van der Waals surface area contributed by atoms with Crippen LogP contribution in [-0.2, 0) is 4.79 Å². The van der Waals surface area contributed by atoms with Crippen LogP contribution in [0.5, 0.6) is 0 Å². The van der Waals surface area contributed by atoms with E-state index < -0.39 is 11.9 Å². The molecule has 1 aromatic carbocycles. The molecule has 0 radical (unpaired) electrons. The van der Waals surface area contributed by atoms with E-state index in [1.54, 1.807) is 13.8 Å². The summed E-state index contributed by atoms with van der Waals surface area (Å²) in [7, 11) is 0. The van der Waals surface area contributed by atoms with Crippen molar-refractivity contribution in [2.45, 2.75) is 26.7 Å². The zero-order valence-corrected chi connectivity index (χ0v) is 12.8. The Morgan fingerprint density at radius 3 is 2.52 bits per heavy atom. The van der Waals surface area contributed by atoms with Crippen LogP contribution < -0.4 is 10.4 Å². The first-order valence-electron chi connectivity index (χ1n) is 6.45. The van der Waals surface area contributed by atoms with Crippen LogP contribution in [0.1, 0.15) is 38.8 Å². The number of anilines is 1. The molecule has 0 bridgehead atoms. The summed E-state index contributed by atoms with van der Waals surface area (Å²) in [6.07, 6.45) is 0. The molecule has 5 nitrogen and oxygen atoms in total. The SMILES string of the molecule is Cc1ccccc1NC(=O)[C@H](C)c1nc(C)c(C(=O)[O-])s1. The van der Waals surface area contributed by atoms with Crippen molar-refractivity contribution in [3.05, 3.63) is 45.4 Å². The van der Waals surface area contributed by atoms with Crippen LogP contribution in [0.15, 0.2) is 24.3 Å². The monoisotopic (exact) mass is 303 g/mol. The highest BCUT2D eigenvalue weighted by Crippen LogP contribution is 2.26. The summed E-state index contributed by atoms with van der Waals surface area (Å²) in [5.74, 6) is -2.01. The Labute approximate surface area is 126 Å². The Bertz CT molecular complexity index is 694. The minimum atomic E-state index is -1.26. The van der Waals surface area contributed by atoms with Gasteiger partial charge in [-0.1, -0.05) is 18.2 Å². The van der Waals surface area contributed by atoms with Crippen molar-refractivity contribution in [1.29, 1.82) is 0 Å². The maximum atomic E-state index is 12.2. The second-order valence-corrected chi connectivity index (χ2v) is 5.81. The highest BCUT2D eigenvalue weighted by Gasteiger charge is 2.21. The first-order chi connectivity index (χ1) is 9.90. The Hall–Kier alpha value is -2.21. The van der Waals surface area contributed by atoms with Gasteiger partial charge in [0.05, 0.1) is 22.5 Å². The number of para-hydroxylation sites is 1. The lowest BCUT2D eigenvalue weighted by Crippen LogP contribution is -2.21. The number of carboxylic acids is 1. The fourth-order valence-electron chi connectivity index (χ4n) is 1.86. The molecule has 1 heterocycles. The first kappa shape index (κ1) is 15.2. The number of carbonyl (C=O) groups is 2. The lowest BCUT2D eigenvalue weighted by molar-refractivity contribution is -0.254. The molecule has 0 aliphatic heterocycles. The van der Waals surface area contributed by atoms with E-state index in [-0.39, 0.29) is 10.8 Å². The molecular formula is C15H15N2O3S-. The van der Waals surface area contributed by atoms with Gasteiger partial charge in [-0.05, 0) is 32.4 Å². The van der Waals surface area contributed by atoms with Crippen molar-refractivity contribution in [3.63, 3.8) is 0 Å². The number of rotatable bonds is 4. The number of hydrogen-bond acceptors (Lipinski definition) is 5. The fourth-order valence-corrected chi connectivity index (χ4v) is 2.81. The van der Waals surface area contributed by atoms with Crippen LogP contribution in [0.3, 0.4) is 0 Å². The van der Waals surface area contributed by atoms with Crippen molar-refractivity contribution >= 4 is 28.9 Å². The molecule has 0 saturated carbocycles. The molecule has 0 spiro atoms. The second-order valence-electron chi connectivity index (χ2n) is 4.78. The van der Waals surface area contributed by atoms with Gasteiger partial charge < -0.3 is 15.2 Å². The molecule has 1 N–H and O–H groups in total. The van der Waals surface area contributed by atoms with E-state index >= 15 is 0 Å². The van der Waals surface area contributed by atoms with E-state index in [0.29, 0.717) is 10.7 Å². The lowest BCUT2D eigenvalue weighted by atomic mass is 10.1. The molecule has 0 fully saturated rings. The molecule has 0 aliphatic rings. The molecule has 1 atom stereocenters. The fraction of sp³-hybridized carbons (Fsp3) is 0.267. The van der Waals surface area contributed by atoms with Gasteiger partial charge in [0, 0.05) is 5.69 Å². The van der Waals surface area contributed by atoms with E-state index in [1.165, 1.54) is 0 Å². The van der Waals surface area contributed by atoms with Crippen LogP contribution in [0, 0.1) is 13.8 Å². The van der Waals surface area contributed by atoms with Crippen LogP contribution in [0.2, 0.25) is 0 Å². The Morgan fingerprint density at radius 1 is 1.29 bits per heavy atom. The smallest absolute Gasteiger partial charge is 0.234 e. The van der Waals surface area contributed by atoms with E-state index in [9.17, 15) is 14.7 Å². The minimum absolute atomic E-state index is 0.0699. The highest BCUT2D eigenvalue weighted by molar-refractivity contribution is 7.13. The Balaban J connectivity index is 2.18. The number of amides is 1. The van der Waals surface area contributed by atoms with Crippen molar-refractivity contribution in [2.75, 3.05) is 5.32 Å². The average molecular weight is 303 g/mol. The molecule has 1 aromatic heterocycles. The zero-order chi connectivity index (χ0) is 15.6. The summed E-state index contributed by atoms with van der Waals surface area (Å²) in [6, 6.07) is 7.46. The molecule has 110 valence electrons. The van der Waals surface area contributed by atoms with Crippen LogP contribution >= 0.6 is 11.3 Å². The van der Waals surface area contributed by atoms with Gasteiger partial charge in [0.15, 0.2) is 0 Å². The third-order valence-corrected chi connectivity index (χ3v) is 4.49. The largest absolute Gasteiger partial charge is 0.544 e. The summed E-state index contributed by atoms with van der Waals surface area (Å²) < 4.78 is 0. The zero-order valence-electron chi connectivity index (χ0n) is 12.0. The average Bonchev–Trinajstić information content (AvgIpc) is 2.82. The van der Waals surface area contributed by atoms with Gasteiger partial charge in [0.1, 0.15) is 5.01 Å². The van der Waals surface area contributed by atoms with E-state index in [1.807, 2.05) is 31.2 Å². The van der Waals surface area contributed by atoms with Gasteiger partial charge in [-0.25, -0.2) is 4.98 Å². The summed E-state index contributed by atoms with van der Waals surface area (Å²) in [4.78, 5) is 27.4. The molecule has 0 saturated heterocycles. The minimum Gasteiger partial charge on any atom is -0.544 e. The number of aromatic carboxylic acids is 1. The maximum absolute atomic E-state index is 12.2. The van der Waals surface area contributed by atoms with Crippen LogP contribution in [-0.4, -0.2) is 16.9 Å². The maximum Gasteiger partial charge on any atom is 0.234 e. The second kappa shape index (κ2) is 6.05. The van der Waals surface area contributed by atoms with Gasteiger partial charge in [0.25, 0.3) is 0 Å². The summed E-state index contributed by atoms with van der Waals surface area (Å²) in [5.41, 5.74) is 2.08. The lowest BCUT2D eigenvalue weighted by Gasteiger charge is -2.11. The van der Waals surface area contributed by atoms with Crippen molar-refractivity contribution in [1.82, 2.24) is 4.98 Å². The number of hydrogen-bond donors (Lipinski definition) is 1. The first-order valence-corrected chi connectivity index (χ1v) is 7.27. The summed E-state index contributed by atoms with van der Waals surface area (Å²) >= 11 is 0.985. The van der Waals surface area contributed by atoms with Crippen LogP contribution in [0.4, 0.5) is 5.69 Å². The molecule has 6 heteroatoms. The number of carbonyl (C=O) groups excluding carboxylic acids is 2. The van der Waals surface area contributed by atoms with Gasteiger partial charge >= 0.3 is 0 Å². The van der Waals surface area contributed by atoms with E-state index in [2.05, 4.69) is 10.3 Å².